The molecular formula is C16H19NO3. The maximum atomic E-state index is 12.5. The SMILES string of the molecule is O=C1CC[C@@H]2CN(C(=O)c3ccccc3)CC[C@@H]2CO1. The number of esters is 1. The maximum absolute atomic E-state index is 12.5. The Hall–Kier alpha value is -1.84. The lowest BCUT2D eigenvalue weighted by Gasteiger charge is -2.37. The zero-order valence-corrected chi connectivity index (χ0v) is 11.5. The van der Waals surface area contributed by atoms with E-state index in [1.807, 2.05) is 35.2 Å². The molecule has 2 fully saturated rings. The molecule has 0 N–H and O–H groups in total. The predicted octanol–water partition coefficient (Wildman–Crippen LogP) is 2.10. The summed E-state index contributed by atoms with van der Waals surface area (Å²) in [6.07, 6.45) is 2.24. The normalized spacial score (nSPS) is 26.4. The number of amides is 1. The van der Waals surface area contributed by atoms with Crippen LogP contribution in [0, 0.1) is 11.8 Å². The van der Waals surface area contributed by atoms with Crippen LogP contribution in [0.2, 0.25) is 0 Å². The van der Waals surface area contributed by atoms with Crippen LogP contribution < -0.4 is 0 Å². The van der Waals surface area contributed by atoms with Crippen molar-refractivity contribution in [2.45, 2.75) is 19.3 Å². The van der Waals surface area contributed by atoms with Crippen molar-refractivity contribution in [3.05, 3.63) is 35.9 Å². The molecule has 20 heavy (non-hydrogen) atoms. The average molecular weight is 273 g/mol. The third-order valence-electron chi connectivity index (χ3n) is 4.38. The Balaban J connectivity index is 1.69. The number of carbonyl (C=O) groups is 2. The fourth-order valence-electron chi connectivity index (χ4n) is 3.15. The molecule has 4 heteroatoms. The Kier molecular flexibility index (Phi) is 3.72. The summed E-state index contributed by atoms with van der Waals surface area (Å²) in [5.41, 5.74) is 0.742. The molecule has 0 spiro atoms. The number of hydrogen-bond donors (Lipinski definition) is 0. The number of fused-ring (bicyclic) bond motifs is 1. The van der Waals surface area contributed by atoms with E-state index in [0.29, 0.717) is 24.9 Å². The molecule has 2 atom stereocenters. The molecular weight excluding hydrogens is 254 g/mol. The van der Waals surface area contributed by atoms with E-state index < -0.39 is 0 Å². The third kappa shape index (κ3) is 2.69. The van der Waals surface area contributed by atoms with Crippen LogP contribution in [-0.2, 0) is 9.53 Å². The minimum absolute atomic E-state index is 0.0969. The van der Waals surface area contributed by atoms with Crippen LogP contribution >= 0.6 is 0 Å². The Bertz CT molecular complexity index is 500. The highest BCUT2D eigenvalue weighted by molar-refractivity contribution is 5.94. The van der Waals surface area contributed by atoms with Gasteiger partial charge in [0.15, 0.2) is 0 Å². The number of nitrogens with zero attached hydrogens (tertiary/aromatic N) is 1. The Morgan fingerprint density at radius 2 is 1.95 bits per heavy atom. The third-order valence-corrected chi connectivity index (χ3v) is 4.38. The summed E-state index contributed by atoms with van der Waals surface area (Å²) in [5, 5.41) is 0. The zero-order chi connectivity index (χ0) is 13.9. The van der Waals surface area contributed by atoms with Crippen LogP contribution in [0.1, 0.15) is 29.6 Å². The molecule has 0 unspecified atom stereocenters. The van der Waals surface area contributed by atoms with Crippen LogP contribution in [0.4, 0.5) is 0 Å². The number of benzene rings is 1. The second-order valence-corrected chi connectivity index (χ2v) is 5.65. The van der Waals surface area contributed by atoms with E-state index in [9.17, 15) is 9.59 Å². The molecule has 1 amide bonds. The summed E-state index contributed by atoms with van der Waals surface area (Å²) in [5.74, 6) is 0.810. The van der Waals surface area contributed by atoms with E-state index in [-0.39, 0.29) is 11.9 Å². The topological polar surface area (TPSA) is 46.6 Å². The highest BCUT2D eigenvalue weighted by atomic mass is 16.5. The van der Waals surface area contributed by atoms with Crippen LogP contribution in [0.15, 0.2) is 30.3 Å². The molecule has 2 heterocycles. The quantitative estimate of drug-likeness (QED) is 0.736. The number of likely N-dealkylation sites (tertiary alicyclic amines) is 1. The van der Waals surface area contributed by atoms with Gasteiger partial charge in [-0.1, -0.05) is 18.2 Å². The van der Waals surface area contributed by atoms with Gasteiger partial charge < -0.3 is 9.64 Å². The Morgan fingerprint density at radius 1 is 1.15 bits per heavy atom. The second kappa shape index (κ2) is 5.65. The zero-order valence-electron chi connectivity index (χ0n) is 11.5. The fourth-order valence-corrected chi connectivity index (χ4v) is 3.15. The van der Waals surface area contributed by atoms with E-state index in [2.05, 4.69) is 0 Å². The van der Waals surface area contributed by atoms with Crippen molar-refractivity contribution in [2.24, 2.45) is 11.8 Å². The van der Waals surface area contributed by atoms with Crippen LogP contribution in [-0.4, -0.2) is 36.5 Å². The average Bonchev–Trinajstić information content (AvgIpc) is 2.69. The highest BCUT2D eigenvalue weighted by Gasteiger charge is 2.34. The summed E-state index contributed by atoms with van der Waals surface area (Å²) in [6.45, 7) is 2.03. The number of rotatable bonds is 1. The number of piperidine rings is 1. The van der Waals surface area contributed by atoms with Gasteiger partial charge in [-0.3, -0.25) is 9.59 Å². The minimum Gasteiger partial charge on any atom is -0.465 e. The van der Waals surface area contributed by atoms with Gasteiger partial charge in [0.2, 0.25) is 0 Å². The van der Waals surface area contributed by atoms with Gasteiger partial charge in [-0.25, -0.2) is 0 Å². The van der Waals surface area contributed by atoms with E-state index in [0.717, 1.165) is 31.5 Å². The van der Waals surface area contributed by atoms with Crippen molar-refractivity contribution in [1.29, 1.82) is 0 Å². The lowest BCUT2D eigenvalue weighted by atomic mass is 9.83. The number of cyclic esters (lactones) is 1. The van der Waals surface area contributed by atoms with Crippen molar-refractivity contribution >= 4 is 11.9 Å². The van der Waals surface area contributed by atoms with Gasteiger partial charge in [-0.2, -0.15) is 0 Å². The predicted molar refractivity (Wildman–Crippen MR) is 74.1 cm³/mol. The summed E-state index contributed by atoms with van der Waals surface area (Å²) >= 11 is 0. The van der Waals surface area contributed by atoms with Crippen LogP contribution in [0.25, 0.3) is 0 Å². The highest BCUT2D eigenvalue weighted by Crippen LogP contribution is 2.30. The van der Waals surface area contributed by atoms with Crippen molar-refractivity contribution in [3.63, 3.8) is 0 Å². The van der Waals surface area contributed by atoms with Gasteiger partial charge in [0.05, 0.1) is 6.61 Å². The summed E-state index contributed by atoms with van der Waals surface area (Å²) < 4.78 is 5.21. The minimum atomic E-state index is -0.0969. The van der Waals surface area contributed by atoms with E-state index in [4.69, 9.17) is 4.74 Å². The van der Waals surface area contributed by atoms with Crippen molar-refractivity contribution in [2.75, 3.05) is 19.7 Å². The largest absolute Gasteiger partial charge is 0.465 e. The smallest absolute Gasteiger partial charge is 0.305 e. The molecule has 0 saturated carbocycles. The molecule has 0 aromatic heterocycles. The summed E-state index contributed by atoms with van der Waals surface area (Å²) in [4.78, 5) is 25.7. The summed E-state index contributed by atoms with van der Waals surface area (Å²) in [6, 6.07) is 9.40. The second-order valence-electron chi connectivity index (χ2n) is 5.65. The van der Waals surface area contributed by atoms with E-state index in [1.54, 1.807) is 0 Å². The Morgan fingerprint density at radius 3 is 2.75 bits per heavy atom. The van der Waals surface area contributed by atoms with Crippen molar-refractivity contribution in [3.8, 4) is 0 Å². The fraction of sp³-hybridized carbons (Fsp3) is 0.500. The monoisotopic (exact) mass is 273 g/mol. The van der Waals surface area contributed by atoms with Crippen molar-refractivity contribution < 1.29 is 14.3 Å². The van der Waals surface area contributed by atoms with Gasteiger partial charge in [0, 0.05) is 25.1 Å². The first kappa shape index (κ1) is 13.2. The van der Waals surface area contributed by atoms with Gasteiger partial charge in [0.1, 0.15) is 0 Å². The lowest BCUT2D eigenvalue weighted by molar-refractivity contribution is -0.143. The maximum Gasteiger partial charge on any atom is 0.305 e. The van der Waals surface area contributed by atoms with E-state index in [1.165, 1.54) is 0 Å². The Labute approximate surface area is 118 Å². The first-order valence-electron chi connectivity index (χ1n) is 7.24. The summed E-state index contributed by atoms with van der Waals surface area (Å²) in [7, 11) is 0. The number of ether oxygens (including phenoxy) is 1. The van der Waals surface area contributed by atoms with Crippen molar-refractivity contribution in [1.82, 2.24) is 4.90 Å². The first-order chi connectivity index (χ1) is 9.74. The molecule has 0 aliphatic carbocycles. The molecule has 0 bridgehead atoms. The number of carbonyl (C=O) groups excluding carboxylic acids is 2. The molecule has 3 rings (SSSR count). The van der Waals surface area contributed by atoms with Gasteiger partial charge in [-0.15, -0.1) is 0 Å². The molecule has 1 aromatic carbocycles. The van der Waals surface area contributed by atoms with Crippen LogP contribution in [0.5, 0.6) is 0 Å². The molecule has 2 aliphatic heterocycles. The molecule has 4 nitrogen and oxygen atoms in total. The molecule has 2 aliphatic rings. The molecule has 106 valence electrons. The standard InChI is InChI=1S/C16H19NO3/c18-15-7-6-13-10-17(9-8-14(13)11-20-15)16(19)12-4-2-1-3-5-12/h1-5,13-14H,6-11H2/t13-,14-/m1/s1. The van der Waals surface area contributed by atoms with Gasteiger partial charge in [-0.05, 0) is 36.8 Å². The van der Waals surface area contributed by atoms with Gasteiger partial charge >= 0.3 is 5.97 Å². The molecule has 0 radical (unpaired) electrons. The van der Waals surface area contributed by atoms with E-state index >= 15 is 0 Å². The first-order valence-corrected chi connectivity index (χ1v) is 7.24. The van der Waals surface area contributed by atoms with Crippen LogP contribution in [0.3, 0.4) is 0 Å². The lowest BCUT2D eigenvalue weighted by Crippen LogP contribution is -2.44. The number of hydrogen-bond acceptors (Lipinski definition) is 3. The molecule has 1 aromatic rings. The molecule has 2 saturated heterocycles. The van der Waals surface area contributed by atoms with Gasteiger partial charge in [0.25, 0.3) is 5.91 Å².